The lowest BCUT2D eigenvalue weighted by Crippen LogP contribution is -2.11. The number of aryl methyl sites for hydroxylation is 2. The zero-order valence-electron chi connectivity index (χ0n) is 16.0. The number of fused-ring (bicyclic) bond motifs is 2. The lowest BCUT2D eigenvalue weighted by Gasteiger charge is -2.01. The van der Waals surface area contributed by atoms with Crippen molar-refractivity contribution in [3.63, 3.8) is 0 Å². The molecule has 29 heavy (non-hydrogen) atoms. The average Bonchev–Trinajstić information content (AvgIpc) is 3.21. The molecule has 0 spiro atoms. The van der Waals surface area contributed by atoms with Crippen molar-refractivity contribution >= 4 is 65.8 Å². The maximum atomic E-state index is 12.8. The van der Waals surface area contributed by atoms with Gasteiger partial charge in [-0.2, -0.15) is 0 Å². The van der Waals surface area contributed by atoms with Crippen LogP contribution in [0.5, 0.6) is 0 Å². The van der Waals surface area contributed by atoms with E-state index in [9.17, 15) is 9.59 Å². The van der Waals surface area contributed by atoms with Crippen molar-refractivity contribution in [2.24, 2.45) is 0 Å². The van der Waals surface area contributed by atoms with Gasteiger partial charge in [0, 0.05) is 11.1 Å². The summed E-state index contributed by atoms with van der Waals surface area (Å²) in [6.45, 7) is 5.93. The summed E-state index contributed by atoms with van der Waals surface area (Å²) in [6, 6.07) is 7.08. The van der Waals surface area contributed by atoms with Gasteiger partial charge in [0.15, 0.2) is 5.13 Å². The highest BCUT2D eigenvalue weighted by molar-refractivity contribution is 7.23. The number of amides is 1. The number of thiophene rings is 1. The molecule has 0 bridgehead atoms. The molecule has 0 aliphatic carbocycles. The number of carbonyl (C=O) groups excluding carboxylic acids is 2. The maximum absolute atomic E-state index is 12.8. The lowest BCUT2D eigenvalue weighted by molar-refractivity contribution is 0.0526. The predicted molar refractivity (Wildman–Crippen MR) is 117 cm³/mol. The molecule has 4 aromatic rings. The van der Waals surface area contributed by atoms with Gasteiger partial charge in [0.05, 0.1) is 28.1 Å². The number of thiazole rings is 1. The highest BCUT2D eigenvalue weighted by atomic mass is 32.1. The minimum absolute atomic E-state index is 0.305. The number of nitrogens with two attached hydrogens (primary N) is 1. The first kappa shape index (κ1) is 19.3. The fourth-order valence-electron chi connectivity index (χ4n) is 3.11. The van der Waals surface area contributed by atoms with Gasteiger partial charge < -0.3 is 10.5 Å². The molecular weight excluding hydrogens is 408 g/mol. The average molecular weight is 427 g/mol. The number of nitrogens with zero attached hydrogens (tertiary/aromatic N) is 2. The molecule has 7 nitrogen and oxygen atoms in total. The van der Waals surface area contributed by atoms with Crippen molar-refractivity contribution < 1.29 is 14.3 Å². The van der Waals surface area contributed by atoms with Crippen LogP contribution < -0.4 is 11.1 Å². The van der Waals surface area contributed by atoms with Gasteiger partial charge in [-0.15, -0.1) is 11.3 Å². The minimum atomic E-state index is -0.399. The van der Waals surface area contributed by atoms with E-state index in [0.29, 0.717) is 33.4 Å². The van der Waals surface area contributed by atoms with E-state index in [2.05, 4.69) is 15.3 Å². The van der Waals surface area contributed by atoms with Crippen LogP contribution in [0.3, 0.4) is 0 Å². The van der Waals surface area contributed by atoms with E-state index in [1.54, 1.807) is 25.1 Å². The first-order valence-electron chi connectivity index (χ1n) is 8.92. The first-order valence-corrected chi connectivity index (χ1v) is 10.6. The third-order valence-electron chi connectivity index (χ3n) is 4.35. The van der Waals surface area contributed by atoms with E-state index in [1.807, 2.05) is 19.9 Å². The second kappa shape index (κ2) is 7.41. The Morgan fingerprint density at radius 3 is 2.72 bits per heavy atom. The topological polar surface area (TPSA) is 107 Å². The van der Waals surface area contributed by atoms with Crippen LogP contribution in [-0.2, 0) is 4.74 Å². The zero-order chi connectivity index (χ0) is 20.7. The molecule has 0 fully saturated rings. The predicted octanol–water partition coefficient (Wildman–Crippen LogP) is 4.53. The number of nitrogens with one attached hydrogen (secondary N) is 1. The smallest absolute Gasteiger partial charge is 0.338 e. The van der Waals surface area contributed by atoms with Crippen LogP contribution in [0.1, 0.15) is 38.2 Å². The van der Waals surface area contributed by atoms with E-state index >= 15 is 0 Å². The Morgan fingerprint density at radius 1 is 1.17 bits per heavy atom. The van der Waals surface area contributed by atoms with Gasteiger partial charge in [0.25, 0.3) is 5.91 Å². The van der Waals surface area contributed by atoms with Gasteiger partial charge in [0.2, 0.25) is 0 Å². The van der Waals surface area contributed by atoms with Crippen LogP contribution in [0.4, 0.5) is 10.8 Å². The van der Waals surface area contributed by atoms with E-state index in [0.717, 1.165) is 26.2 Å². The fraction of sp³-hybridized carbons (Fsp3) is 0.200. The van der Waals surface area contributed by atoms with Crippen LogP contribution in [0, 0.1) is 13.8 Å². The molecule has 0 radical (unpaired) electrons. The molecule has 148 valence electrons. The van der Waals surface area contributed by atoms with Crippen molar-refractivity contribution in [1.82, 2.24) is 9.97 Å². The summed E-state index contributed by atoms with van der Waals surface area (Å²) in [4.78, 5) is 34.8. The number of esters is 1. The van der Waals surface area contributed by atoms with Gasteiger partial charge in [-0.1, -0.05) is 11.3 Å². The van der Waals surface area contributed by atoms with Crippen molar-refractivity contribution in [1.29, 1.82) is 0 Å². The quantitative estimate of drug-likeness (QED) is 0.464. The van der Waals surface area contributed by atoms with Crippen LogP contribution in [0.2, 0.25) is 0 Å². The van der Waals surface area contributed by atoms with E-state index in [1.165, 1.54) is 22.7 Å². The van der Waals surface area contributed by atoms with Crippen LogP contribution in [0.25, 0.3) is 20.4 Å². The van der Waals surface area contributed by atoms with Crippen LogP contribution >= 0.6 is 22.7 Å². The van der Waals surface area contributed by atoms with Crippen molar-refractivity contribution in [2.45, 2.75) is 20.8 Å². The molecule has 0 aliphatic rings. The Morgan fingerprint density at radius 2 is 1.97 bits per heavy atom. The molecular formula is C20H18N4O3S2. The highest BCUT2D eigenvalue weighted by Crippen LogP contribution is 2.36. The maximum Gasteiger partial charge on any atom is 0.338 e. The number of benzene rings is 1. The summed E-state index contributed by atoms with van der Waals surface area (Å²) in [5.74, 6) is -0.726. The SMILES string of the molecule is CCOC(=O)c1ccc2sc(NC(=O)c3sc4nc(C)cc(C)c4c3N)nc2c1. The molecule has 3 N–H and O–H groups in total. The summed E-state index contributed by atoms with van der Waals surface area (Å²) >= 11 is 2.59. The Labute approximate surface area is 174 Å². The standard InChI is InChI=1S/C20H18N4O3S2/c1-4-27-19(26)11-5-6-13-12(8-11)23-20(28-13)24-17(25)16-15(21)14-9(2)7-10(3)22-18(14)29-16/h5-8H,4,21H2,1-3H3,(H,23,24,25). The minimum Gasteiger partial charge on any atom is -0.462 e. The number of anilines is 2. The number of nitrogen functional groups attached to an aromatic ring is 1. The summed E-state index contributed by atoms with van der Waals surface area (Å²) in [5.41, 5.74) is 9.59. The molecule has 1 aromatic carbocycles. The monoisotopic (exact) mass is 426 g/mol. The van der Waals surface area contributed by atoms with E-state index < -0.39 is 5.97 Å². The number of hydrogen-bond donors (Lipinski definition) is 2. The third-order valence-corrected chi connectivity index (χ3v) is 6.40. The fourth-order valence-corrected chi connectivity index (χ4v) is 5.07. The summed E-state index contributed by atoms with van der Waals surface area (Å²) in [7, 11) is 0. The van der Waals surface area contributed by atoms with Crippen molar-refractivity contribution in [3.05, 3.63) is 46.0 Å². The van der Waals surface area contributed by atoms with E-state index in [-0.39, 0.29) is 5.91 Å². The van der Waals surface area contributed by atoms with Gasteiger partial charge >= 0.3 is 5.97 Å². The molecule has 0 unspecified atom stereocenters. The van der Waals surface area contributed by atoms with Gasteiger partial charge in [-0.3, -0.25) is 10.1 Å². The number of hydrogen-bond acceptors (Lipinski definition) is 8. The molecule has 0 saturated carbocycles. The summed E-state index contributed by atoms with van der Waals surface area (Å²) in [5, 5.41) is 4.06. The van der Waals surface area contributed by atoms with Gasteiger partial charge in [-0.25, -0.2) is 14.8 Å². The van der Waals surface area contributed by atoms with Crippen LogP contribution in [0.15, 0.2) is 24.3 Å². The number of rotatable bonds is 4. The Kier molecular flexibility index (Phi) is 4.93. The third kappa shape index (κ3) is 3.54. The molecule has 0 aliphatic heterocycles. The van der Waals surface area contributed by atoms with Crippen molar-refractivity contribution in [3.8, 4) is 0 Å². The second-order valence-corrected chi connectivity index (χ2v) is 8.51. The Bertz CT molecular complexity index is 1280. The number of aromatic nitrogens is 2. The molecule has 9 heteroatoms. The summed E-state index contributed by atoms with van der Waals surface area (Å²) < 4.78 is 5.87. The zero-order valence-corrected chi connectivity index (χ0v) is 17.7. The number of pyridine rings is 1. The summed E-state index contributed by atoms with van der Waals surface area (Å²) in [6.07, 6.45) is 0. The Balaban J connectivity index is 1.64. The first-order chi connectivity index (χ1) is 13.9. The number of carbonyl (C=O) groups is 2. The largest absolute Gasteiger partial charge is 0.462 e. The van der Waals surface area contributed by atoms with E-state index in [4.69, 9.17) is 10.5 Å². The molecule has 1 amide bonds. The second-order valence-electron chi connectivity index (χ2n) is 6.48. The highest BCUT2D eigenvalue weighted by Gasteiger charge is 2.20. The molecule has 3 heterocycles. The van der Waals surface area contributed by atoms with Gasteiger partial charge in [0.1, 0.15) is 9.71 Å². The Hall–Kier alpha value is -3.04. The lowest BCUT2D eigenvalue weighted by atomic mass is 10.1. The molecule has 0 atom stereocenters. The van der Waals surface area contributed by atoms with Crippen LogP contribution in [-0.4, -0.2) is 28.5 Å². The normalized spacial score (nSPS) is 11.1. The van der Waals surface area contributed by atoms with Gasteiger partial charge in [-0.05, 0) is 50.6 Å². The molecule has 0 saturated heterocycles. The molecule has 4 rings (SSSR count). The number of ether oxygens (including phenoxy) is 1. The van der Waals surface area contributed by atoms with Crippen molar-refractivity contribution in [2.75, 3.05) is 17.7 Å². The molecule has 3 aromatic heterocycles.